The van der Waals surface area contributed by atoms with Crippen LogP contribution in [-0.2, 0) is 10.0 Å². The number of hydrogen-bond acceptors (Lipinski definition) is 5. The third kappa shape index (κ3) is 4.11. The van der Waals surface area contributed by atoms with Crippen molar-refractivity contribution in [1.29, 1.82) is 0 Å². The summed E-state index contributed by atoms with van der Waals surface area (Å²) in [5, 5.41) is 0. The van der Waals surface area contributed by atoms with E-state index in [1.54, 1.807) is 65.5 Å². The van der Waals surface area contributed by atoms with Gasteiger partial charge in [-0.1, -0.05) is 0 Å². The summed E-state index contributed by atoms with van der Waals surface area (Å²) in [6.07, 6.45) is 0. The second-order valence-electron chi connectivity index (χ2n) is 6.04. The molecule has 0 aliphatic heterocycles. The second kappa shape index (κ2) is 7.97. The first-order chi connectivity index (χ1) is 12.2. The predicted molar refractivity (Wildman–Crippen MR) is 101 cm³/mol. The highest BCUT2D eigenvalue weighted by molar-refractivity contribution is 7.89. The Labute approximate surface area is 155 Å². The molecule has 2 aromatic rings. The summed E-state index contributed by atoms with van der Waals surface area (Å²) in [4.78, 5) is 0.226. The molecule has 7 heteroatoms. The van der Waals surface area contributed by atoms with Crippen molar-refractivity contribution in [3.63, 3.8) is 0 Å². The molecule has 0 saturated carbocycles. The van der Waals surface area contributed by atoms with Crippen molar-refractivity contribution < 1.29 is 22.6 Å². The van der Waals surface area contributed by atoms with E-state index in [-0.39, 0.29) is 4.90 Å². The van der Waals surface area contributed by atoms with Crippen LogP contribution in [0.2, 0.25) is 0 Å². The number of benzene rings is 2. The SMILES string of the molecule is COc1ccc(OC)c([C@H](C)NS(=O)(=O)c2cc(C)c(OC)cc2C)c1. The molecule has 0 amide bonds. The van der Waals surface area contributed by atoms with E-state index >= 15 is 0 Å². The normalized spacial score (nSPS) is 12.5. The minimum absolute atomic E-state index is 0.226. The highest BCUT2D eigenvalue weighted by atomic mass is 32.2. The van der Waals surface area contributed by atoms with Crippen molar-refractivity contribution in [2.75, 3.05) is 21.3 Å². The largest absolute Gasteiger partial charge is 0.497 e. The van der Waals surface area contributed by atoms with Crippen LogP contribution < -0.4 is 18.9 Å². The fourth-order valence-corrected chi connectivity index (χ4v) is 4.34. The number of ether oxygens (including phenoxy) is 3. The van der Waals surface area contributed by atoms with Crippen LogP contribution in [-0.4, -0.2) is 29.7 Å². The molecule has 0 fully saturated rings. The van der Waals surface area contributed by atoms with Crippen molar-refractivity contribution in [2.45, 2.75) is 31.7 Å². The smallest absolute Gasteiger partial charge is 0.241 e. The Balaban J connectivity index is 2.40. The average molecular weight is 379 g/mol. The van der Waals surface area contributed by atoms with Gasteiger partial charge in [0, 0.05) is 11.6 Å². The molecular weight excluding hydrogens is 354 g/mol. The summed E-state index contributed by atoms with van der Waals surface area (Å²) in [5.74, 6) is 1.87. The van der Waals surface area contributed by atoms with Gasteiger partial charge in [0.05, 0.1) is 26.2 Å². The summed E-state index contributed by atoms with van der Waals surface area (Å²) < 4.78 is 44.4. The van der Waals surface area contributed by atoms with Gasteiger partial charge in [-0.3, -0.25) is 0 Å². The molecule has 1 N–H and O–H groups in total. The highest BCUT2D eigenvalue weighted by Gasteiger charge is 2.23. The minimum atomic E-state index is -3.73. The Bertz CT molecular complexity index is 893. The quantitative estimate of drug-likeness (QED) is 0.798. The lowest BCUT2D eigenvalue weighted by atomic mass is 10.1. The summed E-state index contributed by atoms with van der Waals surface area (Å²) in [5.41, 5.74) is 2.06. The van der Waals surface area contributed by atoms with Crippen LogP contribution in [0.1, 0.15) is 29.7 Å². The van der Waals surface area contributed by atoms with Gasteiger partial charge >= 0.3 is 0 Å². The van der Waals surface area contributed by atoms with Gasteiger partial charge in [-0.15, -0.1) is 0 Å². The maximum Gasteiger partial charge on any atom is 0.241 e. The molecule has 0 bridgehead atoms. The number of nitrogens with one attached hydrogen (secondary N) is 1. The van der Waals surface area contributed by atoms with Gasteiger partial charge in [0.15, 0.2) is 0 Å². The number of sulfonamides is 1. The maximum absolute atomic E-state index is 12.9. The Hall–Kier alpha value is -2.25. The lowest BCUT2D eigenvalue weighted by Gasteiger charge is -2.19. The summed E-state index contributed by atoms with van der Waals surface area (Å²) in [6, 6.07) is 8.11. The van der Waals surface area contributed by atoms with Gasteiger partial charge in [0.25, 0.3) is 0 Å². The van der Waals surface area contributed by atoms with Crippen LogP contribution in [0.15, 0.2) is 35.2 Å². The van der Waals surface area contributed by atoms with Gasteiger partial charge in [-0.2, -0.15) is 0 Å². The summed E-state index contributed by atoms with van der Waals surface area (Å²) in [6.45, 7) is 5.32. The van der Waals surface area contributed by atoms with Crippen molar-refractivity contribution in [2.24, 2.45) is 0 Å². The molecule has 2 aromatic carbocycles. The number of aryl methyl sites for hydroxylation is 2. The third-order valence-corrected chi connectivity index (χ3v) is 5.90. The van der Waals surface area contributed by atoms with E-state index in [2.05, 4.69) is 4.72 Å². The Kier molecular flexibility index (Phi) is 6.15. The number of hydrogen-bond donors (Lipinski definition) is 1. The lowest BCUT2D eigenvalue weighted by Crippen LogP contribution is -2.28. The topological polar surface area (TPSA) is 73.9 Å². The number of methoxy groups -OCH3 is 3. The Morgan fingerprint density at radius 2 is 1.54 bits per heavy atom. The van der Waals surface area contributed by atoms with Crippen molar-refractivity contribution in [1.82, 2.24) is 4.72 Å². The van der Waals surface area contributed by atoms with Crippen LogP contribution in [0, 0.1) is 13.8 Å². The first-order valence-electron chi connectivity index (χ1n) is 8.13. The molecule has 0 spiro atoms. The Morgan fingerprint density at radius 1 is 0.885 bits per heavy atom. The fourth-order valence-electron chi connectivity index (χ4n) is 2.81. The van der Waals surface area contributed by atoms with Crippen LogP contribution in [0.4, 0.5) is 0 Å². The van der Waals surface area contributed by atoms with Gasteiger partial charge in [-0.25, -0.2) is 13.1 Å². The molecule has 0 saturated heterocycles. The lowest BCUT2D eigenvalue weighted by molar-refractivity contribution is 0.395. The molecule has 0 aromatic heterocycles. The van der Waals surface area contributed by atoms with Crippen LogP contribution in [0.25, 0.3) is 0 Å². The zero-order chi connectivity index (χ0) is 19.5. The molecule has 0 aliphatic carbocycles. The molecule has 0 aliphatic rings. The standard InChI is InChI=1S/C19H25NO5S/c1-12-10-19(13(2)9-18(12)25-6)26(21,22)20-14(3)16-11-15(23-4)7-8-17(16)24-5/h7-11,14,20H,1-6H3/t14-/m0/s1. The first-order valence-corrected chi connectivity index (χ1v) is 9.61. The van der Waals surface area contributed by atoms with E-state index < -0.39 is 16.1 Å². The van der Waals surface area contributed by atoms with E-state index in [1.165, 1.54) is 0 Å². The monoisotopic (exact) mass is 379 g/mol. The molecule has 6 nitrogen and oxygen atoms in total. The first kappa shape index (κ1) is 20.1. The second-order valence-corrected chi connectivity index (χ2v) is 7.72. The zero-order valence-electron chi connectivity index (χ0n) is 15.9. The van der Waals surface area contributed by atoms with E-state index in [1.807, 2.05) is 6.92 Å². The highest BCUT2D eigenvalue weighted by Crippen LogP contribution is 2.31. The molecule has 26 heavy (non-hydrogen) atoms. The van der Waals surface area contributed by atoms with Gasteiger partial charge in [0.2, 0.25) is 10.0 Å². The molecule has 0 radical (unpaired) electrons. The van der Waals surface area contributed by atoms with Gasteiger partial charge in [-0.05, 0) is 62.2 Å². The molecule has 2 rings (SSSR count). The van der Waals surface area contributed by atoms with Crippen molar-refractivity contribution >= 4 is 10.0 Å². The molecular formula is C19H25NO5S. The molecule has 142 valence electrons. The zero-order valence-corrected chi connectivity index (χ0v) is 16.7. The fraction of sp³-hybridized carbons (Fsp3) is 0.368. The summed E-state index contributed by atoms with van der Waals surface area (Å²) >= 11 is 0. The van der Waals surface area contributed by atoms with Crippen molar-refractivity contribution in [3.8, 4) is 17.2 Å². The van der Waals surface area contributed by atoms with Crippen LogP contribution in [0.5, 0.6) is 17.2 Å². The third-order valence-electron chi connectivity index (χ3n) is 4.22. The van der Waals surface area contributed by atoms with Crippen LogP contribution >= 0.6 is 0 Å². The van der Waals surface area contributed by atoms with E-state index in [0.717, 1.165) is 5.56 Å². The van der Waals surface area contributed by atoms with E-state index in [0.29, 0.717) is 28.4 Å². The predicted octanol–water partition coefficient (Wildman–Crippen LogP) is 3.37. The van der Waals surface area contributed by atoms with E-state index in [4.69, 9.17) is 14.2 Å². The van der Waals surface area contributed by atoms with Crippen LogP contribution in [0.3, 0.4) is 0 Å². The number of rotatable bonds is 7. The van der Waals surface area contributed by atoms with E-state index in [9.17, 15) is 8.42 Å². The maximum atomic E-state index is 12.9. The minimum Gasteiger partial charge on any atom is -0.497 e. The average Bonchev–Trinajstić information content (AvgIpc) is 2.62. The molecule has 0 unspecified atom stereocenters. The van der Waals surface area contributed by atoms with Gasteiger partial charge < -0.3 is 14.2 Å². The summed E-state index contributed by atoms with van der Waals surface area (Å²) in [7, 11) is 0.933. The Morgan fingerprint density at radius 3 is 2.12 bits per heavy atom. The molecule has 1 atom stereocenters. The van der Waals surface area contributed by atoms with Gasteiger partial charge in [0.1, 0.15) is 17.2 Å². The molecule has 0 heterocycles. The van der Waals surface area contributed by atoms with Crippen molar-refractivity contribution in [3.05, 3.63) is 47.0 Å².